The van der Waals surface area contributed by atoms with Gasteiger partial charge in [-0.05, 0) is 35.4 Å². The van der Waals surface area contributed by atoms with Crippen molar-refractivity contribution in [2.45, 2.75) is 19.1 Å². The molecule has 1 unspecified atom stereocenters. The molecule has 0 fully saturated rings. The number of rotatable bonds is 4. The molecule has 20 heavy (non-hydrogen) atoms. The van der Waals surface area contributed by atoms with E-state index in [-0.39, 0.29) is 11.9 Å². The largest absolute Gasteiger partial charge is 0.488 e. The molecule has 0 spiro atoms. The SMILES string of the molecule is Fc1ccc(Br)c(CNCC2Cc3ccccc3O2)c1. The van der Waals surface area contributed by atoms with Crippen molar-refractivity contribution in [3.8, 4) is 5.75 Å². The van der Waals surface area contributed by atoms with Gasteiger partial charge in [0.2, 0.25) is 0 Å². The van der Waals surface area contributed by atoms with E-state index in [9.17, 15) is 4.39 Å². The molecule has 0 aliphatic carbocycles. The maximum Gasteiger partial charge on any atom is 0.123 e. The molecule has 2 aromatic rings. The van der Waals surface area contributed by atoms with E-state index < -0.39 is 0 Å². The number of hydrogen-bond donors (Lipinski definition) is 1. The minimum Gasteiger partial charge on any atom is -0.488 e. The molecule has 0 aromatic heterocycles. The number of nitrogens with one attached hydrogen (secondary N) is 1. The molecule has 1 atom stereocenters. The Kier molecular flexibility index (Phi) is 4.03. The Bertz CT molecular complexity index is 592. The van der Waals surface area contributed by atoms with Crippen LogP contribution in [0.5, 0.6) is 5.75 Å². The Balaban J connectivity index is 1.53. The van der Waals surface area contributed by atoms with E-state index >= 15 is 0 Å². The van der Waals surface area contributed by atoms with Gasteiger partial charge in [0.1, 0.15) is 17.7 Å². The Hall–Kier alpha value is -1.39. The fourth-order valence-electron chi connectivity index (χ4n) is 2.41. The van der Waals surface area contributed by atoms with E-state index in [0.717, 1.165) is 28.8 Å². The third kappa shape index (κ3) is 3.02. The third-order valence-corrected chi connectivity index (χ3v) is 4.18. The fraction of sp³-hybridized carbons (Fsp3) is 0.250. The summed E-state index contributed by atoms with van der Waals surface area (Å²) in [6.07, 6.45) is 1.08. The predicted molar refractivity (Wildman–Crippen MR) is 80.4 cm³/mol. The summed E-state index contributed by atoms with van der Waals surface area (Å²) in [6.45, 7) is 1.37. The number of fused-ring (bicyclic) bond motifs is 1. The molecule has 1 aliphatic rings. The first kappa shape index (κ1) is 13.6. The zero-order chi connectivity index (χ0) is 13.9. The van der Waals surface area contributed by atoms with Crippen molar-refractivity contribution >= 4 is 15.9 Å². The van der Waals surface area contributed by atoms with Crippen molar-refractivity contribution in [1.82, 2.24) is 5.32 Å². The van der Waals surface area contributed by atoms with Gasteiger partial charge < -0.3 is 10.1 Å². The number of benzene rings is 2. The van der Waals surface area contributed by atoms with Crippen LogP contribution in [0.2, 0.25) is 0 Å². The van der Waals surface area contributed by atoms with Crippen LogP contribution in [0.1, 0.15) is 11.1 Å². The van der Waals surface area contributed by atoms with Crippen LogP contribution < -0.4 is 10.1 Å². The van der Waals surface area contributed by atoms with E-state index in [2.05, 4.69) is 27.3 Å². The van der Waals surface area contributed by atoms with Crippen LogP contribution in [0.25, 0.3) is 0 Å². The standard InChI is InChI=1S/C16H15BrFNO/c17-15-6-5-13(18)7-12(15)9-19-10-14-8-11-3-1-2-4-16(11)20-14/h1-7,14,19H,8-10H2. The molecular formula is C16H15BrFNO. The zero-order valence-corrected chi connectivity index (χ0v) is 12.5. The van der Waals surface area contributed by atoms with Gasteiger partial charge in [-0.3, -0.25) is 0 Å². The van der Waals surface area contributed by atoms with Crippen molar-refractivity contribution in [2.24, 2.45) is 0 Å². The van der Waals surface area contributed by atoms with Crippen LogP contribution in [0, 0.1) is 5.82 Å². The molecule has 4 heteroatoms. The van der Waals surface area contributed by atoms with Crippen molar-refractivity contribution < 1.29 is 9.13 Å². The monoisotopic (exact) mass is 335 g/mol. The van der Waals surface area contributed by atoms with E-state index in [1.807, 2.05) is 18.2 Å². The van der Waals surface area contributed by atoms with E-state index in [1.54, 1.807) is 12.1 Å². The highest BCUT2D eigenvalue weighted by molar-refractivity contribution is 9.10. The smallest absolute Gasteiger partial charge is 0.123 e. The molecular weight excluding hydrogens is 321 g/mol. The van der Waals surface area contributed by atoms with Gasteiger partial charge in [-0.2, -0.15) is 0 Å². The van der Waals surface area contributed by atoms with Crippen molar-refractivity contribution in [2.75, 3.05) is 6.54 Å². The molecule has 0 radical (unpaired) electrons. The molecule has 2 aromatic carbocycles. The lowest BCUT2D eigenvalue weighted by Gasteiger charge is -2.12. The summed E-state index contributed by atoms with van der Waals surface area (Å²) in [6, 6.07) is 12.8. The Morgan fingerprint density at radius 3 is 2.95 bits per heavy atom. The summed E-state index contributed by atoms with van der Waals surface area (Å²) in [7, 11) is 0. The van der Waals surface area contributed by atoms with E-state index in [1.165, 1.54) is 11.6 Å². The van der Waals surface area contributed by atoms with Crippen LogP contribution >= 0.6 is 15.9 Å². The summed E-state index contributed by atoms with van der Waals surface area (Å²) in [4.78, 5) is 0. The minimum atomic E-state index is -0.213. The lowest BCUT2D eigenvalue weighted by atomic mass is 10.1. The Morgan fingerprint density at radius 1 is 1.25 bits per heavy atom. The topological polar surface area (TPSA) is 21.3 Å². The Labute approximate surface area is 126 Å². The highest BCUT2D eigenvalue weighted by atomic mass is 79.9. The van der Waals surface area contributed by atoms with Crippen molar-refractivity contribution in [3.05, 3.63) is 63.9 Å². The molecule has 1 aliphatic heterocycles. The molecule has 1 heterocycles. The maximum atomic E-state index is 13.2. The van der Waals surface area contributed by atoms with Crippen LogP contribution in [0.15, 0.2) is 46.9 Å². The van der Waals surface area contributed by atoms with Crippen LogP contribution in [0.4, 0.5) is 4.39 Å². The summed E-state index contributed by atoms with van der Waals surface area (Å²) in [5.74, 6) is 0.765. The highest BCUT2D eigenvalue weighted by Gasteiger charge is 2.21. The van der Waals surface area contributed by atoms with E-state index in [0.29, 0.717) is 6.54 Å². The molecule has 1 N–H and O–H groups in total. The average Bonchev–Trinajstić information content (AvgIpc) is 2.85. The maximum absolute atomic E-state index is 13.2. The summed E-state index contributed by atoms with van der Waals surface area (Å²) in [5.41, 5.74) is 2.17. The zero-order valence-electron chi connectivity index (χ0n) is 10.9. The first-order valence-corrected chi connectivity index (χ1v) is 7.41. The number of para-hydroxylation sites is 1. The van der Waals surface area contributed by atoms with Crippen molar-refractivity contribution in [1.29, 1.82) is 0 Å². The second-order valence-electron chi connectivity index (χ2n) is 4.92. The number of halogens is 2. The van der Waals surface area contributed by atoms with Gasteiger partial charge in [-0.15, -0.1) is 0 Å². The molecule has 2 nitrogen and oxygen atoms in total. The van der Waals surface area contributed by atoms with Gasteiger partial charge in [-0.25, -0.2) is 4.39 Å². The number of ether oxygens (including phenoxy) is 1. The minimum absolute atomic E-state index is 0.153. The molecule has 0 saturated heterocycles. The summed E-state index contributed by atoms with van der Waals surface area (Å²) in [5, 5.41) is 3.32. The highest BCUT2D eigenvalue weighted by Crippen LogP contribution is 2.27. The van der Waals surface area contributed by atoms with Gasteiger partial charge in [0, 0.05) is 24.0 Å². The molecule has 104 valence electrons. The molecule has 0 saturated carbocycles. The van der Waals surface area contributed by atoms with Crippen LogP contribution in [-0.4, -0.2) is 12.6 Å². The lowest BCUT2D eigenvalue weighted by Crippen LogP contribution is -2.29. The van der Waals surface area contributed by atoms with E-state index in [4.69, 9.17) is 4.74 Å². The molecule has 3 rings (SSSR count). The lowest BCUT2D eigenvalue weighted by molar-refractivity contribution is 0.227. The number of hydrogen-bond acceptors (Lipinski definition) is 2. The third-order valence-electron chi connectivity index (χ3n) is 3.41. The van der Waals surface area contributed by atoms with Gasteiger partial charge in [-0.1, -0.05) is 34.1 Å². The van der Waals surface area contributed by atoms with Gasteiger partial charge in [0.05, 0.1) is 0 Å². The van der Waals surface area contributed by atoms with Crippen molar-refractivity contribution in [3.63, 3.8) is 0 Å². The van der Waals surface area contributed by atoms with Crippen LogP contribution in [-0.2, 0) is 13.0 Å². The predicted octanol–water partition coefficient (Wildman–Crippen LogP) is 3.68. The van der Waals surface area contributed by atoms with Gasteiger partial charge in [0.15, 0.2) is 0 Å². The molecule has 0 amide bonds. The van der Waals surface area contributed by atoms with Gasteiger partial charge in [0.25, 0.3) is 0 Å². The Morgan fingerprint density at radius 2 is 2.10 bits per heavy atom. The quantitative estimate of drug-likeness (QED) is 0.920. The normalized spacial score (nSPS) is 16.8. The fourth-order valence-corrected chi connectivity index (χ4v) is 2.80. The molecule has 0 bridgehead atoms. The average molecular weight is 336 g/mol. The van der Waals surface area contributed by atoms with Crippen LogP contribution in [0.3, 0.4) is 0 Å². The second-order valence-corrected chi connectivity index (χ2v) is 5.77. The summed E-state index contributed by atoms with van der Waals surface area (Å²) >= 11 is 3.43. The first-order chi connectivity index (χ1) is 9.72. The summed E-state index contributed by atoms with van der Waals surface area (Å²) < 4.78 is 20.0. The first-order valence-electron chi connectivity index (χ1n) is 6.61. The van der Waals surface area contributed by atoms with Gasteiger partial charge >= 0.3 is 0 Å². The second kappa shape index (κ2) is 5.94.